The smallest absolute Gasteiger partial charge is 0.118 e. The van der Waals surface area contributed by atoms with E-state index in [2.05, 4.69) is 40.0 Å². The van der Waals surface area contributed by atoms with Crippen molar-refractivity contribution in [1.82, 2.24) is 0 Å². The van der Waals surface area contributed by atoms with Gasteiger partial charge in [0.1, 0.15) is 4.95 Å². The summed E-state index contributed by atoms with van der Waals surface area (Å²) in [5.74, 6) is 0. The van der Waals surface area contributed by atoms with Crippen LogP contribution in [0.5, 0.6) is 0 Å². The molecule has 0 spiro atoms. The molecule has 0 radical (unpaired) electrons. The van der Waals surface area contributed by atoms with Gasteiger partial charge >= 0.3 is 0 Å². The van der Waals surface area contributed by atoms with E-state index < -0.39 is 0 Å². The highest BCUT2D eigenvalue weighted by Crippen LogP contribution is 2.32. The Balaban J connectivity index is 2.25. The van der Waals surface area contributed by atoms with Crippen LogP contribution < -0.4 is 0 Å². The van der Waals surface area contributed by atoms with E-state index in [1.165, 1.54) is 5.56 Å². The highest BCUT2D eigenvalue weighted by molar-refractivity contribution is 9.09. The highest BCUT2D eigenvalue weighted by Gasteiger charge is 2.24. The van der Waals surface area contributed by atoms with Crippen molar-refractivity contribution >= 4 is 32.7 Å². The number of aliphatic imine (C=N–C) groups is 1. The first-order valence-corrected chi connectivity index (χ1v) is 6.01. The van der Waals surface area contributed by atoms with Crippen LogP contribution in [0.15, 0.2) is 35.3 Å². The van der Waals surface area contributed by atoms with Crippen LogP contribution in [0.3, 0.4) is 0 Å². The maximum Gasteiger partial charge on any atom is 0.118 e. The average molecular weight is 256 g/mol. The summed E-state index contributed by atoms with van der Waals surface area (Å²) in [4.78, 5) is 4.81. The molecule has 0 fully saturated rings. The average Bonchev–Trinajstić information content (AvgIpc) is 2.49. The maximum atomic E-state index is 4.54. The van der Waals surface area contributed by atoms with Gasteiger partial charge in [0.2, 0.25) is 0 Å². The van der Waals surface area contributed by atoms with E-state index in [9.17, 15) is 0 Å². The van der Waals surface area contributed by atoms with Gasteiger partial charge in [0.05, 0.1) is 5.04 Å². The van der Waals surface area contributed by atoms with E-state index >= 15 is 0 Å². The highest BCUT2D eigenvalue weighted by atomic mass is 79.9. The quantitative estimate of drug-likeness (QED) is 0.554. The first kappa shape index (κ1) is 9.28. The number of rotatable bonds is 1. The lowest BCUT2D eigenvalue weighted by Gasteiger charge is -2.02. The molecule has 0 bridgehead atoms. The number of benzene rings is 1. The second-order valence-corrected chi connectivity index (χ2v) is 5.30. The number of hydrogen-bond acceptors (Lipinski definition) is 2. The Labute approximate surface area is 90.8 Å². The van der Waals surface area contributed by atoms with Crippen LogP contribution in [0.4, 0.5) is 0 Å². The minimum Gasteiger partial charge on any atom is -0.262 e. The zero-order valence-corrected chi connectivity index (χ0v) is 9.68. The molecule has 0 aliphatic carbocycles. The van der Waals surface area contributed by atoms with E-state index in [1.807, 2.05) is 30.0 Å². The second-order valence-electron chi connectivity index (χ2n) is 3.00. The molecule has 1 aliphatic heterocycles. The van der Waals surface area contributed by atoms with Crippen molar-refractivity contribution in [2.75, 3.05) is 0 Å². The molecule has 68 valence electrons. The van der Waals surface area contributed by atoms with E-state index in [0.29, 0.717) is 5.25 Å². The Morgan fingerprint density at radius 1 is 1.31 bits per heavy atom. The monoisotopic (exact) mass is 255 g/mol. The zero-order valence-electron chi connectivity index (χ0n) is 7.27. The minimum atomic E-state index is 0.271. The van der Waals surface area contributed by atoms with Crippen LogP contribution in [0.25, 0.3) is 0 Å². The predicted molar refractivity (Wildman–Crippen MR) is 62.7 cm³/mol. The molecule has 1 heterocycles. The molecule has 0 saturated heterocycles. The molecule has 0 N–H and O–H groups in total. The Morgan fingerprint density at radius 2 is 2.00 bits per heavy atom. The molecule has 1 aliphatic rings. The molecular weight excluding hydrogens is 246 g/mol. The van der Waals surface area contributed by atoms with Gasteiger partial charge in [-0.3, -0.25) is 4.99 Å². The summed E-state index contributed by atoms with van der Waals surface area (Å²) in [6.07, 6.45) is 0. The largest absolute Gasteiger partial charge is 0.262 e. The normalized spacial score (nSPS) is 27.4. The molecule has 0 aromatic heterocycles. The van der Waals surface area contributed by atoms with Gasteiger partial charge in [-0.1, -0.05) is 58.0 Å². The fourth-order valence-electron chi connectivity index (χ4n) is 1.20. The number of hydrogen-bond donors (Lipinski definition) is 0. The minimum absolute atomic E-state index is 0.271. The Hall–Kier alpha value is -0.280. The maximum absolute atomic E-state index is 4.54. The number of thioether (sulfide) groups is 1. The van der Waals surface area contributed by atoms with E-state index in [1.54, 1.807) is 0 Å². The van der Waals surface area contributed by atoms with E-state index in [4.69, 9.17) is 0 Å². The van der Waals surface area contributed by atoms with Gasteiger partial charge in [-0.2, -0.15) is 0 Å². The summed E-state index contributed by atoms with van der Waals surface area (Å²) in [5, 5.41) is 1.69. The first-order valence-electron chi connectivity index (χ1n) is 4.21. The van der Waals surface area contributed by atoms with Crippen LogP contribution in [-0.4, -0.2) is 15.2 Å². The molecule has 0 saturated carbocycles. The van der Waals surface area contributed by atoms with Crippen molar-refractivity contribution in [3.8, 4) is 0 Å². The summed E-state index contributed by atoms with van der Waals surface area (Å²) in [6.45, 7) is 2.18. The van der Waals surface area contributed by atoms with Crippen molar-refractivity contribution in [3.63, 3.8) is 0 Å². The van der Waals surface area contributed by atoms with Crippen LogP contribution in [0, 0.1) is 0 Å². The van der Waals surface area contributed by atoms with Crippen LogP contribution >= 0.6 is 27.7 Å². The molecule has 0 amide bonds. The summed E-state index contributed by atoms with van der Waals surface area (Å²) < 4.78 is 0. The molecule has 2 atom stereocenters. The third-order valence-corrected chi connectivity index (χ3v) is 4.49. The van der Waals surface area contributed by atoms with Gasteiger partial charge in [-0.15, -0.1) is 0 Å². The lowest BCUT2D eigenvalue weighted by atomic mass is 10.2. The summed E-state index contributed by atoms with van der Waals surface area (Å²) in [6, 6.07) is 10.3. The Kier molecular flexibility index (Phi) is 2.74. The van der Waals surface area contributed by atoms with E-state index in [0.717, 1.165) is 5.04 Å². The lowest BCUT2D eigenvalue weighted by molar-refractivity contribution is 0.927. The third-order valence-electron chi connectivity index (χ3n) is 1.95. The summed E-state index contributed by atoms with van der Waals surface area (Å²) in [7, 11) is 0. The predicted octanol–water partition coefficient (Wildman–Crippen LogP) is 3.29. The fourth-order valence-corrected chi connectivity index (χ4v) is 2.84. The number of alkyl halides is 1. The number of halogens is 1. The molecule has 13 heavy (non-hydrogen) atoms. The zero-order chi connectivity index (χ0) is 9.26. The molecular formula is C10H10BrNS. The van der Waals surface area contributed by atoms with Crippen molar-refractivity contribution in [2.45, 2.75) is 17.1 Å². The summed E-state index contributed by atoms with van der Waals surface area (Å²) >= 11 is 5.36. The van der Waals surface area contributed by atoms with Crippen molar-refractivity contribution in [1.29, 1.82) is 0 Å². The van der Waals surface area contributed by atoms with Crippen LogP contribution in [0.1, 0.15) is 12.5 Å². The van der Waals surface area contributed by atoms with Crippen molar-refractivity contribution < 1.29 is 0 Å². The van der Waals surface area contributed by atoms with Crippen LogP contribution in [-0.2, 0) is 0 Å². The fraction of sp³-hybridized carbons (Fsp3) is 0.300. The summed E-state index contributed by atoms with van der Waals surface area (Å²) in [5.41, 5.74) is 1.22. The topological polar surface area (TPSA) is 12.4 Å². The standard InChI is InChI=1S/C10H10BrNS/c1-7-9(11)12-10(13-7)8-5-3-2-4-6-8/h2-7,9H,1H3. The molecule has 1 aromatic rings. The molecule has 2 rings (SSSR count). The van der Waals surface area contributed by atoms with Gasteiger partial charge in [-0.25, -0.2) is 0 Å². The number of nitrogens with zero attached hydrogens (tertiary/aromatic N) is 1. The van der Waals surface area contributed by atoms with Gasteiger partial charge in [0, 0.05) is 10.8 Å². The van der Waals surface area contributed by atoms with Crippen molar-refractivity contribution in [3.05, 3.63) is 35.9 Å². The molecule has 2 unspecified atom stereocenters. The lowest BCUT2D eigenvalue weighted by Crippen LogP contribution is -2.03. The molecule has 3 heteroatoms. The Morgan fingerprint density at radius 3 is 2.54 bits per heavy atom. The van der Waals surface area contributed by atoms with Gasteiger partial charge in [0.25, 0.3) is 0 Å². The third kappa shape index (κ3) is 1.97. The molecule has 1 nitrogen and oxygen atoms in total. The van der Waals surface area contributed by atoms with Gasteiger partial charge in [-0.05, 0) is 6.92 Å². The molecule has 1 aromatic carbocycles. The van der Waals surface area contributed by atoms with E-state index in [-0.39, 0.29) is 4.95 Å². The Bertz CT molecular complexity index is 323. The van der Waals surface area contributed by atoms with Crippen molar-refractivity contribution in [2.24, 2.45) is 4.99 Å². The van der Waals surface area contributed by atoms with Gasteiger partial charge < -0.3 is 0 Å². The van der Waals surface area contributed by atoms with Crippen LogP contribution in [0.2, 0.25) is 0 Å². The second kappa shape index (κ2) is 3.84. The first-order chi connectivity index (χ1) is 6.27. The van der Waals surface area contributed by atoms with Gasteiger partial charge in [0.15, 0.2) is 0 Å². The SMILES string of the molecule is CC1SC(c2ccccc2)=NC1Br.